The summed E-state index contributed by atoms with van der Waals surface area (Å²) < 4.78 is 8.31. The summed E-state index contributed by atoms with van der Waals surface area (Å²) >= 11 is 0. The third kappa shape index (κ3) is 4.17. The van der Waals surface area contributed by atoms with Gasteiger partial charge in [0.1, 0.15) is 16.9 Å². The molecule has 0 bridgehead atoms. The molecule has 8 nitrogen and oxygen atoms in total. The number of esters is 1. The number of hydrogen-bond donors (Lipinski definition) is 0. The topological polar surface area (TPSA) is 95.0 Å². The number of aromatic nitrogens is 3. The lowest BCUT2D eigenvalue weighted by Crippen LogP contribution is -2.33. The number of amides is 1. The fraction of sp³-hybridized carbons (Fsp3) is 0.409. The first-order valence-corrected chi connectivity index (χ1v) is 10.2. The number of pyridine rings is 2. The van der Waals surface area contributed by atoms with E-state index in [0.717, 1.165) is 0 Å². The van der Waals surface area contributed by atoms with Gasteiger partial charge in [-0.05, 0) is 37.5 Å². The van der Waals surface area contributed by atoms with Gasteiger partial charge in [0.25, 0.3) is 5.56 Å². The highest BCUT2D eigenvalue weighted by atomic mass is 16.5. The molecule has 3 aromatic rings. The Morgan fingerprint density at radius 2 is 2.00 bits per heavy atom. The van der Waals surface area contributed by atoms with Crippen LogP contribution in [0.4, 0.5) is 0 Å². The van der Waals surface area contributed by atoms with Crippen LogP contribution in [0.25, 0.3) is 16.7 Å². The molecule has 3 rings (SSSR count). The van der Waals surface area contributed by atoms with Gasteiger partial charge in [-0.2, -0.15) is 4.99 Å². The smallest absolute Gasteiger partial charge is 0.341 e. The van der Waals surface area contributed by atoms with Gasteiger partial charge in [-0.1, -0.05) is 26.8 Å². The predicted octanol–water partition coefficient (Wildman–Crippen LogP) is 2.71. The molecule has 0 atom stereocenters. The molecule has 0 saturated heterocycles. The molecule has 0 spiro atoms. The van der Waals surface area contributed by atoms with Crippen LogP contribution < -0.4 is 11.0 Å². The second-order valence-electron chi connectivity index (χ2n) is 7.45. The minimum atomic E-state index is -0.627. The standard InChI is InChI=1S/C22H26N4O4/c1-5-9-18(27)24-20-16(22(29)30-6-2)12-15-19(26(20)13-14(3)4)23-17-10-7-8-11-25(17)21(15)28/h7-8,10-12,14H,5-6,9,13H2,1-4H3. The van der Waals surface area contributed by atoms with Gasteiger partial charge in [-0.15, -0.1) is 0 Å². The second-order valence-corrected chi connectivity index (χ2v) is 7.45. The van der Waals surface area contributed by atoms with E-state index in [1.165, 1.54) is 10.5 Å². The molecule has 158 valence electrons. The number of nitrogens with zero attached hydrogens (tertiary/aromatic N) is 4. The lowest BCUT2D eigenvalue weighted by molar-refractivity contribution is -0.118. The second kappa shape index (κ2) is 9.02. The Hall–Kier alpha value is -3.29. The van der Waals surface area contributed by atoms with E-state index in [4.69, 9.17) is 4.74 Å². The van der Waals surface area contributed by atoms with Gasteiger partial charge in [0, 0.05) is 19.2 Å². The summed E-state index contributed by atoms with van der Waals surface area (Å²) in [4.78, 5) is 47.2. The lowest BCUT2D eigenvalue weighted by Gasteiger charge is -2.16. The van der Waals surface area contributed by atoms with Crippen LogP contribution in [0.3, 0.4) is 0 Å². The number of rotatable bonds is 6. The molecule has 0 fully saturated rings. The Kier molecular flexibility index (Phi) is 6.44. The largest absolute Gasteiger partial charge is 0.462 e. The van der Waals surface area contributed by atoms with Crippen molar-refractivity contribution in [3.63, 3.8) is 0 Å². The molecule has 30 heavy (non-hydrogen) atoms. The van der Waals surface area contributed by atoms with E-state index in [0.29, 0.717) is 24.3 Å². The first-order valence-electron chi connectivity index (χ1n) is 10.2. The van der Waals surface area contributed by atoms with Crippen LogP contribution in [0.5, 0.6) is 0 Å². The Morgan fingerprint density at radius 1 is 1.23 bits per heavy atom. The summed E-state index contributed by atoms with van der Waals surface area (Å²) in [6, 6.07) is 6.71. The Bertz CT molecular complexity index is 1240. The van der Waals surface area contributed by atoms with Crippen molar-refractivity contribution < 1.29 is 14.3 Å². The molecular formula is C22H26N4O4. The van der Waals surface area contributed by atoms with Gasteiger partial charge in [0.15, 0.2) is 5.49 Å². The van der Waals surface area contributed by atoms with E-state index >= 15 is 0 Å². The maximum atomic E-state index is 13.2. The average Bonchev–Trinajstić information content (AvgIpc) is 2.70. The third-order valence-electron chi connectivity index (χ3n) is 4.53. The van der Waals surface area contributed by atoms with Crippen molar-refractivity contribution in [3.05, 3.63) is 51.9 Å². The van der Waals surface area contributed by atoms with Crippen molar-refractivity contribution in [3.8, 4) is 0 Å². The molecule has 3 aromatic heterocycles. The Labute approximate surface area is 173 Å². The zero-order valence-corrected chi connectivity index (χ0v) is 17.7. The maximum Gasteiger partial charge on any atom is 0.341 e. The van der Waals surface area contributed by atoms with E-state index < -0.39 is 5.97 Å². The van der Waals surface area contributed by atoms with Crippen molar-refractivity contribution in [2.75, 3.05) is 6.61 Å². The van der Waals surface area contributed by atoms with Crippen LogP contribution in [-0.4, -0.2) is 32.4 Å². The van der Waals surface area contributed by atoms with E-state index in [2.05, 4.69) is 9.98 Å². The van der Waals surface area contributed by atoms with Crippen LogP contribution >= 0.6 is 0 Å². The van der Waals surface area contributed by atoms with Crippen molar-refractivity contribution in [1.29, 1.82) is 0 Å². The predicted molar refractivity (Wildman–Crippen MR) is 113 cm³/mol. The number of fused-ring (bicyclic) bond motifs is 2. The SMILES string of the molecule is CCCC(=O)N=c1c(C(=O)OCC)cc2c(=O)n3ccccc3nc2n1CC(C)C. The van der Waals surface area contributed by atoms with Gasteiger partial charge in [0.2, 0.25) is 5.91 Å². The highest BCUT2D eigenvalue weighted by Crippen LogP contribution is 2.13. The molecule has 0 aliphatic rings. The fourth-order valence-electron chi connectivity index (χ4n) is 3.28. The summed E-state index contributed by atoms with van der Waals surface area (Å²) in [5, 5.41) is 0.268. The van der Waals surface area contributed by atoms with Crippen LogP contribution in [0, 0.1) is 5.92 Å². The number of hydrogen-bond acceptors (Lipinski definition) is 5. The van der Waals surface area contributed by atoms with Gasteiger partial charge >= 0.3 is 5.97 Å². The van der Waals surface area contributed by atoms with Gasteiger partial charge in [0.05, 0.1) is 12.0 Å². The van der Waals surface area contributed by atoms with Crippen LogP contribution in [0.1, 0.15) is 50.9 Å². The Morgan fingerprint density at radius 3 is 2.67 bits per heavy atom. The van der Waals surface area contributed by atoms with Crippen LogP contribution in [0.15, 0.2) is 40.2 Å². The highest BCUT2D eigenvalue weighted by Gasteiger charge is 2.20. The minimum absolute atomic E-state index is 0.0873. The van der Waals surface area contributed by atoms with Gasteiger partial charge in [-0.3, -0.25) is 14.0 Å². The Balaban J connectivity index is 2.51. The summed E-state index contributed by atoms with van der Waals surface area (Å²) in [5.41, 5.74) is 0.827. The average molecular weight is 410 g/mol. The molecule has 0 unspecified atom stereocenters. The molecule has 3 heterocycles. The molecule has 1 amide bonds. The van der Waals surface area contributed by atoms with Crippen molar-refractivity contribution in [2.24, 2.45) is 10.9 Å². The minimum Gasteiger partial charge on any atom is -0.462 e. The summed E-state index contributed by atoms with van der Waals surface area (Å²) in [7, 11) is 0. The molecule has 0 aliphatic heterocycles. The van der Waals surface area contributed by atoms with E-state index in [1.54, 1.807) is 35.9 Å². The molecule has 0 radical (unpaired) electrons. The quantitative estimate of drug-likeness (QED) is 0.460. The lowest BCUT2D eigenvalue weighted by atomic mass is 10.1. The number of ether oxygens (including phenoxy) is 1. The van der Waals surface area contributed by atoms with Crippen molar-refractivity contribution >= 4 is 28.6 Å². The maximum absolute atomic E-state index is 13.2. The van der Waals surface area contributed by atoms with E-state index in [-0.39, 0.29) is 46.8 Å². The normalized spacial score (nSPS) is 12.1. The molecule has 0 saturated carbocycles. The molecule has 0 aliphatic carbocycles. The molecule has 8 heteroatoms. The van der Waals surface area contributed by atoms with Crippen molar-refractivity contribution in [1.82, 2.24) is 14.0 Å². The summed E-state index contributed by atoms with van der Waals surface area (Å²) in [5.74, 6) is -0.808. The summed E-state index contributed by atoms with van der Waals surface area (Å²) in [6.45, 7) is 8.18. The third-order valence-corrected chi connectivity index (χ3v) is 4.53. The van der Waals surface area contributed by atoms with Crippen LogP contribution in [-0.2, 0) is 16.1 Å². The van der Waals surface area contributed by atoms with Crippen molar-refractivity contribution in [2.45, 2.75) is 47.1 Å². The van der Waals surface area contributed by atoms with Gasteiger partial charge < -0.3 is 9.30 Å². The summed E-state index contributed by atoms with van der Waals surface area (Å²) in [6.07, 6.45) is 2.53. The molecule has 0 N–H and O–H groups in total. The zero-order chi connectivity index (χ0) is 21.8. The number of carbonyl (C=O) groups excluding carboxylic acids is 2. The number of carbonyl (C=O) groups is 2. The van der Waals surface area contributed by atoms with Crippen LogP contribution in [0.2, 0.25) is 0 Å². The van der Waals surface area contributed by atoms with E-state index in [9.17, 15) is 14.4 Å². The highest BCUT2D eigenvalue weighted by molar-refractivity contribution is 5.93. The molecular weight excluding hydrogens is 384 g/mol. The zero-order valence-electron chi connectivity index (χ0n) is 17.7. The molecule has 0 aromatic carbocycles. The fourth-order valence-corrected chi connectivity index (χ4v) is 3.28. The van der Waals surface area contributed by atoms with Gasteiger partial charge in [-0.25, -0.2) is 9.78 Å². The first kappa shape index (κ1) is 21.4. The monoisotopic (exact) mass is 410 g/mol. The van der Waals surface area contributed by atoms with E-state index in [1.807, 2.05) is 20.8 Å². The first-order chi connectivity index (χ1) is 14.4.